The topological polar surface area (TPSA) is 245 Å². The van der Waals surface area contributed by atoms with Gasteiger partial charge in [0, 0.05) is 35.6 Å². The summed E-state index contributed by atoms with van der Waals surface area (Å²) in [7, 11) is -9.59. The third kappa shape index (κ3) is 4.38. The van der Waals surface area contributed by atoms with E-state index in [9.17, 15) is 27.4 Å². The molecule has 4 aromatic rings. The quantitative estimate of drug-likeness (QED) is 0.280. The van der Waals surface area contributed by atoms with Gasteiger partial charge in [-0.2, -0.15) is 27.4 Å². The number of nitrogens with zero attached hydrogens (tertiary/aromatic N) is 4. The van der Waals surface area contributed by atoms with Crippen molar-refractivity contribution in [2.24, 2.45) is 11.5 Å². The second kappa shape index (κ2) is 12.0. The predicted molar refractivity (Wildman–Crippen MR) is 207 cm³/mol. The normalized spacial score (nSPS) is 23.8. The molecular weight excluding hydrogens is 801 g/mol. The zero-order valence-corrected chi connectivity index (χ0v) is 31.8. The zero-order chi connectivity index (χ0) is 41.2. The number of hydrogen-bond acceptors (Lipinski definition) is 14. The van der Waals surface area contributed by atoms with Crippen LogP contribution >= 0.6 is 0 Å². The van der Waals surface area contributed by atoms with Gasteiger partial charge in [0.2, 0.25) is 23.6 Å². The van der Waals surface area contributed by atoms with Gasteiger partial charge in [0.15, 0.2) is 43.7 Å². The van der Waals surface area contributed by atoms with E-state index in [1.807, 2.05) is 12.1 Å². The van der Waals surface area contributed by atoms with Crippen LogP contribution in [0.15, 0.2) is 130 Å². The molecule has 0 aliphatic carbocycles. The number of para-hydroxylation sites is 4. The smallest absolute Gasteiger partial charge is 0.340 e. The van der Waals surface area contributed by atoms with Crippen LogP contribution in [0.3, 0.4) is 0 Å². The Balaban J connectivity index is 1.07. The van der Waals surface area contributed by atoms with Crippen LogP contribution in [0.25, 0.3) is 11.5 Å². The maximum absolute atomic E-state index is 15.1. The van der Waals surface area contributed by atoms with E-state index in [4.69, 9.17) is 29.3 Å². The number of carbonyl (C=O) groups is 2. The molecule has 4 aromatic carbocycles. The Morgan fingerprint density at radius 1 is 0.576 bits per heavy atom. The Kier molecular flexibility index (Phi) is 7.29. The Morgan fingerprint density at radius 2 is 0.949 bits per heavy atom. The summed E-state index contributed by atoms with van der Waals surface area (Å²) in [6.07, 6.45) is 0.0114. The summed E-state index contributed by atoms with van der Waals surface area (Å²) in [5.41, 5.74) is 8.36. The molecule has 59 heavy (non-hydrogen) atoms. The van der Waals surface area contributed by atoms with Crippen molar-refractivity contribution in [3.05, 3.63) is 152 Å². The third-order valence-corrected chi connectivity index (χ3v) is 14.0. The summed E-state index contributed by atoms with van der Waals surface area (Å²) >= 11 is 0. The number of benzene rings is 4. The van der Waals surface area contributed by atoms with E-state index < -0.39 is 75.6 Å². The zero-order valence-electron chi connectivity index (χ0n) is 30.2. The summed E-state index contributed by atoms with van der Waals surface area (Å²) in [4.78, 5) is 31.7. The van der Waals surface area contributed by atoms with Gasteiger partial charge in [-0.25, -0.2) is 0 Å². The van der Waals surface area contributed by atoms with Crippen LogP contribution in [0.4, 0.5) is 11.4 Å². The van der Waals surface area contributed by atoms with Gasteiger partial charge in [-0.05, 0) is 42.8 Å². The van der Waals surface area contributed by atoms with E-state index in [2.05, 4.69) is 0 Å². The fourth-order valence-electron chi connectivity index (χ4n) is 9.02. The molecule has 0 saturated heterocycles. The molecule has 0 saturated carbocycles. The molecule has 6 aliphatic heterocycles. The standard InChI is InChI=1S/C41H26N6O10S2/c42-20-26-36(44)54-32-22-10-1-7-16-30(22)56-58(50,51)34(32)40(26)24-12-3-5-14-28(24)46(38(40)48)18-9-19-47-29-15-6-4-13-25(29)41(39(47)49)27(21-43)37(45)55-33-23-11-2-8-17-31(23)57-59(52,53)35(33)41/h1-8,10-17H,9,18-19,44-45H2. The molecule has 0 radical (unpaired) electrons. The number of nitriles is 2. The highest BCUT2D eigenvalue weighted by atomic mass is 32.2. The molecule has 10 rings (SSSR count). The summed E-state index contributed by atoms with van der Waals surface area (Å²) < 4.78 is 79.0. The van der Waals surface area contributed by atoms with Crippen molar-refractivity contribution < 1.29 is 44.3 Å². The van der Waals surface area contributed by atoms with Crippen LogP contribution in [0.2, 0.25) is 0 Å². The lowest BCUT2D eigenvalue weighted by atomic mass is 9.73. The molecular formula is C41H26N6O10S2. The van der Waals surface area contributed by atoms with Crippen molar-refractivity contribution in [2.75, 3.05) is 22.9 Å². The summed E-state index contributed by atoms with van der Waals surface area (Å²) in [6.45, 7) is -0.296. The Labute approximate surface area is 335 Å². The van der Waals surface area contributed by atoms with Crippen molar-refractivity contribution in [2.45, 2.75) is 17.3 Å². The molecule has 6 heterocycles. The van der Waals surface area contributed by atoms with Gasteiger partial charge in [-0.15, -0.1) is 0 Å². The molecule has 4 N–H and O–H groups in total. The number of hydrogen-bond donors (Lipinski definition) is 2. The van der Waals surface area contributed by atoms with E-state index in [1.54, 1.807) is 72.8 Å². The first-order valence-electron chi connectivity index (χ1n) is 17.9. The van der Waals surface area contributed by atoms with Gasteiger partial charge < -0.3 is 39.1 Å². The van der Waals surface area contributed by atoms with Crippen LogP contribution < -0.4 is 29.6 Å². The second-order valence-corrected chi connectivity index (χ2v) is 17.1. The average Bonchev–Trinajstić information content (AvgIpc) is 3.58. The van der Waals surface area contributed by atoms with E-state index >= 15 is 9.59 Å². The lowest BCUT2D eigenvalue weighted by Gasteiger charge is -2.37. The molecule has 6 aliphatic rings. The molecule has 16 nitrogen and oxygen atoms in total. The lowest BCUT2D eigenvalue weighted by molar-refractivity contribution is -0.121. The fourth-order valence-corrected chi connectivity index (χ4v) is 12.1. The van der Waals surface area contributed by atoms with Crippen molar-refractivity contribution in [3.8, 4) is 23.6 Å². The highest BCUT2D eigenvalue weighted by Crippen LogP contribution is 2.60. The number of fused-ring (bicyclic) bond motifs is 10. The molecule has 18 heteroatoms. The number of amides is 2. The number of carbonyl (C=O) groups excluding carboxylic acids is 2. The largest absolute Gasteiger partial charge is 0.438 e. The first kappa shape index (κ1) is 35.8. The maximum Gasteiger partial charge on any atom is 0.340 e. The Bertz CT molecular complexity index is 2930. The Hall–Kier alpha value is -7.54. The van der Waals surface area contributed by atoms with E-state index in [0.29, 0.717) is 0 Å². The molecule has 292 valence electrons. The van der Waals surface area contributed by atoms with E-state index in [0.717, 1.165) is 0 Å². The minimum absolute atomic E-state index is 0.0114. The molecule has 2 amide bonds. The first-order valence-corrected chi connectivity index (χ1v) is 20.7. The van der Waals surface area contributed by atoms with Gasteiger partial charge in [-0.1, -0.05) is 60.7 Å². The molecule has 2 atom stereocenters. The van der Waals surface area contributed by atoms with Gasteiger partial charge in [0.25, 0.3) is 0 Å². The minimum atomic E-state index is -4.80. The average molecular weight is 827 g/mol. The fraction of sp³-hybridized carbons (Fsp3) is 0.122. The molecule has 2 spiro atoms. The van der Waals surface area contributed by atoms with Crippen LogP contribution in [0.1, 0.15) is 28.7 Å². The van der Waals surface area contributed by atoms with Crippen LogP contribution in [-0.2, 0) is 50.1 Å². The number of anilines is 2. The van der Waals surface area contributed by atoms with Gasteiger partial charge in [0.1, 0.15) is 23.3 Å². The van der Waals surface area contributed by atoms with E-state index in [1.165, 1.54) is 34.1 Å². The highest BCUT2D eigenvalue weighted by molar-refractivity contribution is 7.91. The molecule has 0 bridgehead atoms. The van der Waals surface area contributed by atoms with Crippen LogP contribution in [-0.4, -0.2) is 41.7 Å². The predicted octanol–water partition coefficient (Wildman–Crippen LogP) is 3.58. The van der Waals surface area contributed by atoms with Crippen molar-refractivity contribution >= 4 is 54.9 Å². The lowest BCUT2D eigenvalue weighted by Crippen LogP contribution is -2.50. The SMILES string of the molecule is N#CC1=C(N)OC2=C(C13C(=O)N(CCCN1C(=O)C4(C(C#N)=C(N)OC5=C4S(=O)(=O)Oc4ccccc45)c4ccccc41)c1ccccc13)S(=O)(=O)Oc1ccccc12. The monoisotopic (exact) mass is 826 g/mol. The highest BCUT2D eigenvalue weighted by Gasteiger charge is 2.67. The minimum Gasteiger partial charge on any atom is -0.438 e. The van der Waals surface area contributed by atoms with Gasteiger partial charge >= 0.3 is 20.2 Å². The Morgan fingerprint density at radius 3 is 1.36 bits per heavy atom. The molecule has 0 aromatic heterocycles. The van der Waals surface area contributed by atoms with E-state index in [-0.39, 0.29) is 76.2 Å². The maximum atomic E-state index is 15.1. The van der Waals surface area contributed by atoms with Gasteiger partial charge in [0.05, 0.1) is 11.1 Å². The van der Waals surface area contributed by atoms with Gasteiger partial charge in [-0.3, -0.25) is 9.59 Å². The summed E-state index contributed by atoms with van der Waals surface area (Å²) in [5, 5.41) is 21.1. The molecule has 0 fully saturated rings. The van der Waals surface area contributed by atoms with Crippen molar-refractivity contribution in [1.29, 1.82) is 10.5 Å². The van der Waals surface area contributed by atoms with Crippen LogP contribution in [0.5, 0.6) is 11.5 Å². The number of nitrogens with two attached hydrogens (primary N) is 2. The summed E-state index contributed by atoms with van der Waals surface area (Å²) in [6, 6.07) is 28.8. The van der Waals surface area contributed by atoms with Crippen molar-refractivity contribution in [1.82, 2.24) is 0 Å². The second-order valence-electron chi connectivity index (χ2n) is 14.1. The van der Waals surface area contributed by atoms with Crippen molar-refractivity contribution in [3.63, 3.8) is 0 Å². The van der Waals surface area contributed by atoms with Crippen LogP contribution in [0, 0.1) is 22.7 Å². The summed E-state index contributed by atoms with van der Waals surface area (Å²) in [5.74, 6) is -3.24. The first-order chi connectivity index (χ1) is 28.3. The third-order valence-electron chi connectivity index (χ3n) is 11.2. The number of rotatable bonds is 4. The number of ether oxygens (including phenoxy) is 2. The molecule has 2 unspecified atom stereocenters.